The molecule has 1 aliphatic heterocycles. The minimum absolute atomic E-state index is 0. The van der Waals surface area contributed by atoms with Gasteiger partial charge < -0.3 is 15.5 Å². The number of carbonyl (C=O) groups is 1. The van der Waals surface area contributed by atoms with Gasteiger partial charge in [-0.15, -0.1) is 24.8 Å². The maximum atomic E-state index is 12.8. The largest absolute Gasteiger partial charge is 0.342 e. The summed E-state index contributed by atoms with van der Waals surface area (Å²) in [5, 5.41) is 0. The van der Waals surface area contributed by atoms with Gasteiger partial charge in [0.2, 0.25) is 5.91 Å². The number of benzene rings is 1. The quantitative estimate of drug-likeness (QED) is 0.778. The molecule has 144 valence electrons. The van der Waals surface area contributed by atoms with E-state index < -0.39 is 0 Å². The summed E-state index contributed by atoms with van der Waals surface area (Å²) >= 11 is 0. The average Bonchev–Trinajstić information content (AvgIpc) is 2.61. The molecule has 1 unspecified atom stereocenters. The lowest BCUT2D eigenvalue weighted by molar-refractivity contribution is -0.134. The van der Waals surface area contributed by atoms with Crippen LogP contribution in [0.3, 0.4) is 0 Å². The molecule has 0 aliphatic carbocycles. The molecule has 25 heavy (non-hydrogen) atoms. The zero-order valence-corrected chi connectivity index (χ0v) is 17.0. The monoisotopic (exact) mass is 389 g/mol. The van der Waals surface area contributed by atoms with Crippen molar-refractivity contribution in [1.29, 1.82) is 0 Å². The van der Waals surface area contributed by atoms with Crippen LogP contribution in [0.2, 0.25) is 0 Å². The maximum Gasteiger partial charge on any atom is 0.231 e. The molecule has 0 saturated carbocycles. The highest BCUT2D eigenvalue weighted by Gasteiger charge is 2.28. The molecule has 1 saturated heterocycles. The molecule has 4 nitrogen and oxygen atoms in total. The van der Waals surface area contributed by atoms with Gasteiger partial charge in [0.25, 0.3) is 0 Å². The van der Waals surface area contributed by atoms with Crippen LogP contribution in [0.25, 0.3) is 0 Å². The lowest BCUT2D eigenvalue weighted by Crippen LogP contribution is -2.44. The number of amides is 1. The van der Waals surface area contributed by atoms with Crippen molar-refractivity contribution >= 4 is 30.7 Å². The molecule has 2 N–H and O–H groups in total. The number of hydrogen-bond donors (Lipinski definition) is 1. The standard InChI is InChI=1S/C19H31N3O.2ClH/c1-3-21(4-2)15-16-10-12-22(13-11-16)19(23)18(14-20)17-8-6-5-7-9-17;;/h5-9,16,18H,3-4,10-15,20H2,1-2H3;2*1H. The van der Waals surface area contributed by atoms with Crippen molar-refractivity contribution in [2.45, 2.75) is 32.6 Å². The topological polar surface area (TPSA) is 49.6 Å². The Morgan fingerprint density at radius 3 is 2.20 bits per heavy atom. The van der Waals surface area contributed by atoms with E-state index in [0.29, 0.717) is 12.5 Å². The molecule has 1 fully saturated rings. The minimum atomic E-state index is -0.199. The van der Waals surface area contributed by atoms with E-state index in [2.05, 4.69) is 18.7 Å². The molecule has 1 heterocycles. The Hall–Kier alpha value is -0.810. The fraction of sp³-hybridized carbons (Fsp3) is 0.632. The first kappa shape index (κ1) is 24.2. The van der Waals surface area contributed by atoms with Crippen molar-refractivity contribution in [3.05, 3.63) is 35.9 Å². The molecule has 0 bridgehead atoms. The number of rotatable bonds is 7. The summed E-state index contributed by atoms with van der Waals surface area (Å²) in [5.74, 6) is 0.711. The Balaban J connectivity index is 0.00000288. The van der Waals surface area contributed by atoms with Crippen LogP contribution < -0.4 is 5.73 Å². The van der Waals surface area contributed by atoms with Gasteiger partial charge in [-0.25, -0.2) is 0 Å². The molecular formula is C19H33Cl2N3O. The van der Waals surface area contributed by atoms with Crippen molar-refractivity contribution in [3.63, 3.8) is 0 Å². The van der Waals surface area contributed by atoms with Gasteiger partial charge in [-0.1, -0.05) is 44.2 Å². The highest BCUT2D eigenvalue weighted by atomic mass is 35.5. The Bertz CT molecular complexity index is 475. The van der Waals surface area contributed by atoms with Gasteiger partial charge >= 0.3 is 0 Å². The number of piperidine rings is 1. The summed E-state index contributed by atoms with van der Waals surface area (Å²) in [7, 11) is 0. The second kappa shape index (κ2) is 12.5. The van der Waals surface area contributed by atoms with E-state index in [0.717, 1.165) is 51.1 Å². The summed E-state index contributed by atoms with van der Waals surface area (Å²) in [5.41, 5.74) is 6.92. The average molecular weight is 390 g/mol. The molecule has 0 aromatic heterocycles. The second-order valence-electron chi connectivity index (χ2n) is 6.45. The molecule has 0 radical (unpaired) electrons. The van der Waals surface area contributed by atoms with Gasteiger partial charge in [-0.2, -0.15) is 0 Å². The molecule has 2 rings (SSSR count). The molecule has 1 aromatic carbocycles. The summed E-state index contributed by atoms with van der Waals surface area (Å²) < 4.78 is 0. The Labute approximate surface area is 164 Å². The SMILES string of the molecule is CCN(CC)CC1CCN(C(=O)C(CN)c2ccccc2)CC1.Cl.Cl. The molecule has 1 aromatic rings. The highest BCUT2D eigenvalue weighted by molar-refractivity contribution is 5.85. The summed E-state index contributed by atoms with van der Waals surface area (Å²) in [6.45, 7) is 9.93. The van der Waals surface area contributed by atoms with Crippen LogP contribution in [0.15, 0.2) is 30.3 Å². The van der Waals surface area contributed by atoms with Gasteiger partial charge in [0, 0.05) is 26.2 Å². The fourth-order valence-electron chi connectivity index (χ4n) is 3.47. The molecule has 1 amide bonds. The molecule has 0 spiro atoms. The van der Waals surface area contributed by atoms with Crippen LogP contribution in [0, 0.1) is 5.92 Å². The van der Waals surface area contributed by atoms with Gasteiger partial charge in [-0.3, -0.25) is 4.79 Å². The number of nitrogens with two attached hydrogens (primary N) is 1. The van der Waals surface area contributed by atoms with Gasteiger partial charge in [-0.05, 0) is 37.4 Å². The minimum Gasteiger partial charge on any atom is -0.342 e. The van der Waals surface area contributed by atoms with E-state index in [9.17, 15) is 4.79 Å². The van der Waals surface area contributed by atoms with Gasteiger partial charge in [0.05, 0.1) is 5.92 Å². The van der Waals surface area contributed by atoms with Crippen molar-refractivity contribution in [3.8, 4) is 0 Å². The summed E-state index contributed by atoms with van der Waals surface area (Å²) in [4.78, 5) is 17.3. The number of halogens is 2. The van der Waals surface area contributed by atoms with Crippen LogP contribution in [0.1, 0.15) is 38.2 Å². The van der Waals surface area contributed by atoms with Gasteiger partial charge in [0.1, 0.15) is 0 Å². The number of carbonyl (C=O) groups excluding carboxylic acids is 1. The van der Waals surface area contributed by atoms with Crippen molar-refractivity contribution in [2.75, 3.05) is 39.3 Å². The molecule has 1 atom stereocenters. The van der Waals surface area contributed by atoms with Crippen molar-refractivity contribution in [1.82, 2.24) is 9.80 Å². The van der Waals surface area contributed by atoms with Crippen molar-refractivity contribution < 1.29 is 4.79 Å². The third-order valence-electron chi connectivity index (χ3n) is 5.07. The predicted octanol–water partition coefficient (Wildman–Crippen LogP) is 3.15. The number of nitrogens with zero attached hydrogens (tertiary/aromatic N) is 2. The van der Waals surface area contributed by atoms with Crippen LogP contribution >= 0.6 is 24.8 Å². The Morgan fingerprint density at radius 2 is 1.72 bits per heavy atom. The van der Waals surface area contributed by atoms with Crippen LogP contribution in [-0.2, 0) is 4.79 Å². The molecular weight excluding hydrogens is 357 g/mol. The molecule has 1 aliphatic rings. The number of likely N-dealkylation sites (tertiary alicyclic amines) is 1. The fourth-order valence-corrected chi connectivity index (χ4v) is 3.47. The van der Waals surface area contributed by atoms with E-state index in [1.165, 1.54) is 0 Å². The maximum absolute atomic E-state index is 12.8. The third kappa shape index (κ3) is 6.78. The van der Waals surface area contributed by atoms with Crippen molar-refractivity contribution in [2.24, 2.45) is 11.7 Å². The van der Waals surface area contributed by atoms with E-state index in [1.54, 1.807) is 0 Å². The van der Waals surface area contributed by atoms with Crippen LogP contribution in [-0.4, -0.2) is 55.0 Å². The summed E-state index contributed by atoms with van der Waals surface area (Å²) in [6.07, 6.45) is 2.21. The first-order valence-corrected chi connectivity index (χ1v) is 8.95. The second-order valence-corrected chi connectivity index (χ2v) is 6.45. The first-order valence-electron chi connectivity index (χ1n) is 8.95. The zero-order chi connectivity index (χ0) is 16.7. The highest BCUT2D eigenvalue weighted by Crippen LogP contribution is 2.23. The van der Waals surface area contributed by atoms with Crippen LogP contribution in [0.5, 0.6) is 0 Å². The molecule has 6 heteroatoms. The van der Waals surface area contributed by atoms with E-state index >= 15 is 0 Å². The lowest BCUT2D eigenvalue weighted by Gasteiger charge is -2.36. The predicted molar refractivity (Wildman–Crippen MR) is 110 cm³/mol. The number of hydrogen-bond acceptors (Lipinski definition) is 3. The van der Waals surface area contributed by atoms with E-state index in [4.69, 9.17) is 5.73 Å². The normalized spacial score (nSPS) is 16.1. The van der Waals surface area contributed by atoms with E-state index in [1.807, 2.05) is 35.2 Å². The zero-order valence-electron chi connectivity index (χ0n) is 15.4. The van der Waals surface area contributed by atoms with Gasteiger partial charge in [0.15, 0.2) is 0 Å². The first-order chi connectivity index (χ1) is 11.2. The van der Waals surface area contributed by atoms with E-state index in [-0.39, 0.29) is 36.6 Å². The Morgan fingerprint density at radius 1 is 1.16 bits per heavy atom. The van der Waals surface area contributed by atoms with Crippen LogP contribution in [0.4, 0.5) is 0 Å². The Kier molecular flexibility index (Phi) is 12.1. The summed E-state index contributed by atoms with van der Waals surface area (Å²) in [6, 6.07) is 9.93. The lowest BCUT2D eigenvalue weighted by atomic mass is 9.93. The third-order valence-corrected chi connectivity index (χ3v) is 5.07. The smallest absolute Gasteiger partial charge is 0.231 e.